The van der Waals surface area contributed by atoms with Gasteiger partial charge in [-0.05, 0) is 19.3 Å². The van der Waals surface area contributed by atoms with Gasteiger partial charge in [0.15, 0.2) is 0 Å². The Morgan fingerprint density at radius 1 is 1.13 bits per heavy atom. The second-order valence-corrected chi connectivity index (χ2v) is 4.32. The first-order valence-electron chi connectivity index (χ1n) is 5.83. The molecule has 0 spiro atoms. The van der Waals surface area contributed by atoms with Gasteiger partial charge in [0.1, 0.15) is 0 Å². The Kier molecular flexibility index (Phi) is 4.38. The van der Waals surface area contributed by atoms with Gasteiger partial charge >= 0.3 is 0 Å². The Morgan fingerprint density at radius 3 is 2.67 bits per heavy atom. The van der Waals surface area contributed by atoms with Gasteiger partial charge in [0.05, 0.1) is 24.9 Å². The standard InChI is InChI=1S/C11H20O4/c12-9-1-6-14-11(7-9)8-15-10-2-4-13-5-3-10/h9-12H,1-8H2. The quantitative estimate of drug-likeness (QED) is 0.755. The van der Waals surface area contributed by atoms with E-state index in [0.29, 0.717) is 25.7 Å². The van der Waals surface area contributed by atoms with Gasteiger partial charge in [-0.3, -0.25) is 0 Å². The maximum atomic E-state index is 9.46. The van der Waals surface area contributed by atoms with Crippen molar-refractivity contribution in [2.45, 2.75) is 44.0 Å². The summed E-state index contributed by atoms with van der Waals surface area (Å²) < 4.78 is 16.5. The maximum absolute atomic E-state index is 9.46. The normalized spacial score (nSPS) is 34.2. The molecule has 4 nitrogen and oxygen atoms in total. The van der Waals surface area contributed by atoms with Crippen LogP contribution in [0.4, 0.5) is 0 Å². The molecule has 2 heterocycles. The van der Waals surface area contributed by atoms with Crippen LogP contribution >= 0.6 is 0 Å². The highest BCUT2D eigenvalue weighted by Crippen LogP contribution is 2.16. The van der Waals surface area contributed by atoms with Crippen LogP contribution < -0.4 is 0 Å². The predicted molar refractivity (Wildman–Crippen MR) is 54.8 cm³/mol. The molecule has 4 heteroatoms. The van der Waals surface area contributed by atoms with E-state index in [-0.39, 0.29) is 12.2 Å². The summed E-state index contributed by atoms with van der Waals surface area (Å²) in [7, 11) is 0. The number of hydrogen-bond donors (Lipinski definition) is 1. The molecular formula is C11H20O4. The molecule has 0 bridgehead atoms. The molecule has 2 aliphatic heterocycles. The second-order valence-electron chi connectivity index (χ2n) is 4.32. The van der Waals surface area contributed by atoms with E-state index in [1.165, 1.54) is 0 Å². The molecular weight excluding hydrogens is 196 g/mol. The fourth-order valence-corrected chi connectivity index (χ4v) is 2.06. The van der Waals surface area contributed by atoms with Crippen molar-refractivity contribution in [2.75, 3.05) is 26.4 Å². The number of aliphatic hydroxyl groups is 1. The minimum Gasteiger partial charge on any atom is -0.393 e. The molecule has 88 valence electrons. The highest BCUT2D eigenvalue weighted by Gasteiger charge is 2.22. The van der Waals surface area contributed by atoms with Crippen LogP contribution in [0.25, 0.3) is 0 Å². The van der Waals surface area contributed by atoms with Crippen LogP contribution in [0.1, 0.15) is 25.7 Å². The van der Waals surface area contributed by atoms with E-state index in [2.05, 4.69) is 0 Å². The van der Waals surface area contributed by atoms with Crippen LogP contribution in [-0.2, 0) is 14.2 Å². The SMILES string of the molecule is OC1CCOC(COC2CCOCC2)C1. The molecule has 2 fully saturated rings. The summed E-state index contributed by atoms with van der Waals surface area (Å²) in [4.78, 5) is 0. The van der Waals surface area contributed by atoms with E-state index in [1.807, 2.05) is 0 Å². The van der Waals surface area contributed by atoms with Crippen LogP contribution in [0.5, 0.6) is 0 Å². The van der Waals surface area contributed by atoms with Crippen molar-refractivity contribution >= 4 is 0 Å². The zero-order valence-corrected chi connectivity index (χ0v) is 9.06. The molecule has 0 aromatic carbocycles. The monoisotopic (exact) mass is 216 g/mol. The van der Waals surface area contributed by atoms with Crippen molar-refractivity contribution in [3.05, 3.63) is 0 Å². The lowest BCUT2D eigenvalue weighted by Gasteiger charge is -2.29. The highest BCUT2D eigenvalue weighted by atomic mass is 16.5. The van der Waals surface area contributed by atoms with Crippen molar-refractivity contribution in [3.8, 4) is 0 Å². The molecule has 0 aromatic heterocycles. The number of rotatable bonds is 3. The summed E-state index contributed by atoms with van der Waals surface area (Å²) >= 11 is 0. The van der Waals surface area contributed by atoms with E-state index in [9.17, 15) is 5.11 Å². The van der Waals surface area contributed by atoms with Gasteiger partial charge in [-0.15, -0.1) is 0 Å². The zero-order valence-electron chi connectivity index (χ0n) is 9.06. The molecule has 2 unspecified atom stereocenters. The first-order valence-corrected chi connectivity index (χ1v) is 5.83. The molecule has 2 rings (SSSR count). The second kappa shape index (κ2) is 5.80. The summed E-state index contributed by atoms with van der Waals surface area (Å²) in [6.45, 7) is 2.88. The van der Waals surface area contributed by atoms with E-state index in [0.717, 1.165) is 32.5 Å². The molecule has 0 aromatic rings. The van der Waals surface area contributed by atoms with Crippen molar-refractivity contribution in [1.82, 2.24) is 0 Å². The largest absolute Gasteiger partial charge is 0.393 e. The average Bonchev–Trinajstić information content (AvgIpc) is 2.28. The Hall–Kier alpha value is -0.160. The molecule has 0 amide bonds. The molecule has 2 aliphatic rings. The van der Waals surface area contributed by atoms with E-state index < -0.39 is 0 Å². The highest BCUT2D eigenvalue weighted by molar-refractivity contribution is 4.71. The van der Waals surface area contributed by atoms with Crippen LogP contribution in [0.15, 0.2) is 0 Å². The third-order valence-corrected chi connectivity index (χ3v) is 3.03. The minimum absolute atomic E-state index is 0.0802. The van der Waals surface area contributed by atoms with E-state index in [4.69, 9.17) is 14.2 Å². The van der Waals surface area contributed by atoms with Crippen LogP contribution in [0.2, 0.25) is 0 Å². The summed E-state index contributed by atoms with van der Waals surface area (Å²) in [6, 6.07) is 0. The first kappa shape index (κ1) is 11.3. The molecule has 0 radical (unpaired) electrons. The summed E-state index contributed by atoms with van der Waals surface area (Å²) in [5, 5.41) is 9.46. The number of hydrogen-bond acceptors (Lipinski definition) is 4. The first-order chi connectivity index (χ1) is 7.34. The van der Waals surface area contributed by atoms with Crippen LogP contribution in [0, 0.1) is 0 Å². The molecule has 1 N–H and O–H groups in total. The minimum atomic E-state index is -0.206. The lowest BCUT2D eigenvalue weighted by Crippen LogP contribution is -2.34. The van der Waals surface area contributed by atoms with Crippen molar-refractivity contribution in [1.29, 1.82) is 0 Å². The lowest BCUT2D eigenvalue weighted by atomic mass is 10.1. The molecule has 2 saturated heterocycles. The Morgan fingerprint density at radius 2 is 1.93 bits per heavy atom. The fraction of sp³-hybridized carbons (Fsp3) is 1.00. The lowest BCUT2D eigenvalue weighted by molar-refractivity contribution is -0.107. The smallest absolute Gasteiger partial charge is 0.0833 e. The Labute approximate surface area is 90.5 Å². The number of aliphatic hydroxyl groups excluding tert-OH is 1. The third-order valence-electron chi connectivity index (χ3n) is 3.03. The maximum Gasteiger partial charge on any atom is 0.0833 e. The van der Waals surface area contributed by atoms with Gasteiger partial charge in [0, 0.05) is 26.2 Å². The average molecular weight is 216 g/mol. The number of ether oxygens (including phenoxy) is 3. The van der Waals surface area contributed by atoms with Crippen molar-refractivity contribution < 1.29 is 19.3 Å². The van der Waals surface area contributed by atoms with Gasteiger partial charge in [-0.1, -0.05) is 0 Å². The zero-order chi connectivity index (χ0) is 10.5. The molecule has 15 heavy (non-hydrogen) atoms. The molecule has 0 saturated carbocycles. The summed E-state index contributed by atoms with van der Waals surface area (Å²) in [5.74, 6) is 0. The Balaban J connectivity index is 1.63. The van der Waals surface area contributed by atoms with Gasteiger partial charge in [0.25, 0.3) is 0 Å². The van der Waals surface area contributed by atoms with Gasteiger partial charge in [0.2, 0.25) is 0 Å². The van der Waals surface area contributed by atoms with Crippen LogP contribution in [0.3, 0.4) is 0 Å². The molecule has 2 atom stereocenters. The van der Waals surface area contributed by atoms with Gasteiger partial charge in [-0.2, -0.15) is 0 Å². The summed E-state index contributed by atoms with van der Waals surface area (Å²) in [6.07, 6.45) is 3.63. The van der Waals surface area contributed by atoms with E-state index in [1.54, 1.807) is 0 Å². The fourth-order valence-electron chi connectivity index (χ4n) is 2.06. The third kappa shape index (κ3) is 3.72. The van der Waals surface area contributed by atoms with Crippen molar-refractivity contribution in [3.63, 3.8) is 0 Å². The van der Waals surface area contributed by atoms with Gasteiger partial charge < -0.3 is 19.3 Å². The predicted octanol–water partition coefficient (Wildman–Crippen LogP) is 0.722. The molecule has 0 aliphatic carbocycles. The topological polar surface area (TPSA) is 47.9 Å². The Bertz CT molecular complexity index is 179. The van der Waals surface area contributed by atoms with Crippen LogP contribution in [-0.4, -0.2) is 49.8 Å². The van der Waals surface area contributed by atoms with E-state index >= 15 is 0 Å². The summed E-state index contributed by atoms with van der Waals surface area (Å²) in [5.41, 5.74) is 0. The van der Waals surface area contributed by atoms with Crippen molar-refractivity contribution in [2.24, 2.45) is 0 Å². The van der Waals surface area contributed by atoms with Gasteiger partial charge in [-0.25, -0.2) is 0 Å².